The molecule has 0 bridgehead atoms. The molecule has 0 rings (SSSR count). The molecule has 0 heterocycles. The third kappa shape index (κ3) is 24.9. The number of rotatable bonds is 1. The first-order valence-corrected chi connectivity index (χ1v) is 1.58. The van der Waals surface area contributed by atoms with Crippen molar-refractivity contribution in [1.29, 1.82) is 0 Å². The van der Waals surface area contributed by atoms with E-state index in [2.05, 4.69) is 0 Å². The molecule has 0 aliphatic heterocycles. The van der Waals surface area contributed by atoms with E-state index in [9.17, 15) is 0 Å². The summed E-state index contributed by atoms with van der Waals surface area (Å²) in [6.07, 6.45) is 5.15. The van der Waals surface area contributed by atoms with Crippen LogP contribution in [0.25, 0.3) is 0 Å². The smallest absolute Gasteiger partial charge is 0 e. The molecule has 0 nitrogen and oxygen atoms in total. The van der Waals surface area contributed by atoms with Crippen molar-refractivity contribution in [2.24, 2.45) is 0 Å². The topological polar surface area (TPSA) is 0 Å². The van der Waals surface area contributed by atoms with Gasteiger partial charge in [0.1, 0.15) is 0 Å². The third-order valence-electron chi connectivity index (χ3n) is 0.304. The Kier molecular flexibility index (Phi) is 65.4. The van der Waals surface area contributed by atoms with E-state index >= 15 is 0 Å². The summed E-state index contributed by atoms with van der Waals surface area (Å²) in [6, 6.07) is 0. The molecule has 0 aliphatic rings. The maximum absolute atomic E-state index is 4.93. The van der Waals surface area contributed by atoms with Crippen LogP contribution in [0.15, 0.2) is 18.2 Å². The van der Waals surface area contributed by atoms with Gasteiger partial charge in [0.2, 0.25) is 0 Å². The first kappa shape index (κ1) is 22.6. The molecule has 0 atom stereocenters. The average Bonchev–Trinajstić information content (AvgIpc) is 1.41. The van der Waals surface area contributed by atoms with Crippen LogP contribution in [0.4, 0.5) is 0 Å². The Hall–Kier alpha value is 1.82. The Balaban J connectivity index is -0.0000000267. The van der Waals surface area contributed by atoms with Crippen molar-refractivity contribution >= 4 is 48.0 Å². The van der Waals surface area contributed by atoms with Crippen molar-refractivity contribution in [2.45, 2.75) is 6.92 Å². The van der Waals surface area contributed by atoms with Crippen molar-refractivity contribution in [3.05, 3.63) is 24.8 Å². The number of halogens is 2. The summed E-state index contributed by atoms with van der Waals surface area (Å²) in [5, 5.41) is 0. The fourth-order valence-corrected chi connectivity index (χ4v) is 0.111. The van der Waals surface area contributed by atoms with E-state index in [1.54, 1.807) is 6.08 Å². The molecule has 0 aromatic heterocycles. The monoisotopic (exact) mass is 413 g/mol. The Labute approximate surface area is 104 Å². The number of hydrogen-bond acceptors (Lipinski definition) is 0. The SMILES string of the molecule is I.I.[CH-]=CC=CC.[Zr]. The van der Waals surface area contributed by atoms with Crippen LogP contribution in [-0.2, 0) is 26.2 Å². The first-order valence-electron chi connectivity index (χ1n) is 1.58. The Morgan fingerprint density at radius 2 is 1.62 bits per heavy atom. The van der Waals surface area contributed by atoms with Gasteiger partial charge in [-0.3, -0.25) is 6.58 Å². The van der Waals surface area contributed by atoms with E-state index in [-0.39, 0.29) is 74.2 Å². The van der Waals surface area contributed by atoms with E-state index in [0.717, 1.165) is 0 Å². The van der Waals surface area contributed by atoms with Gasteiger partial charge in [-0.25, -0.2) is 12.2 Å². The first-order chi connectivity index (χ1) is 2.41. The normalized spacial score (nSPS) is 5.62. The summed E-state index contributed by atoms with van der Waals surface area (Å²) < 4.78 is 0. The van der Waals surface area contributed by atoms with Gasteiger partial charge in [0.25, 0.3) is 0 Å². The van der Waals surface area contributed by atoms with Crippen molar-refractivity contribution in [3.8, 4) is 0 Å². The van der Waals surface area contributed by atoms with Crippen LogP contribution in [-0.4, -0.2) is 0 Å². The quantitative estimate of drug-likeness (QED) is 0.352. The van der Waals surface area contributed by atoms with Gasteiger partial charge < -0.3 is 0 Å². The molecule has 0 amide bonds. The van der Waals surface area contributed by atoms with E-state index in [4.69, 9.17) is 6.58 Å². The number of hydrogen-bond donors (Lipinski definition) is 0. The second-order valence-electron chi connectivity index (χ2n) is 0.718. The van der Waals surface area contributed by atoms with Gasteiger partial charge in [0.05, 0.1) is 0 Å². The molecule has 3 heteroatoms. The van der Waals surface area contributed by atoms with Gasteiger partial charge >= 0.3 is 0 Å². The largest absolute Gasteiger partial charge is 0.293 e. The summed E-state index contributed by atoms with van der Waals surface area (Å²) in [4.78, 5) is 0. The van der Waals surface area contributed by atoms with Crippen molar-refractivity contribution < 1.29 is 26.2 Å². The van der Waals surface area contributed by atoms with Gasteiger partial charge in [0, 0.05) is 26.2 Å². The molecule has 8 heavy (non-hydrogen) atoms. The molecule has 0 spiro atoms. The zero-order chi connectivity index (χ0) is 4.12. The predicted octanol–water partition coefficient (Wildman–Crippen LogP) is 2.79. The summed E-state index contributed by atoms with van der Waals surface area (Å²) in [6.45, 7) is 6.85. The van der Waals surface area contributed by atoms with E-state index < -0.39 is 0 Å². The zero-order valence-electron chi connectivity index (χ0n) is 4.63. The second-order valence-corrected chi connectivity index (χ2v) is 0.718. The Morgan fingerprint density at radius 1 is 1.25 bits per heavy atom. The molecule has 0 aromatic carbocycles. The molecule has 0 saturated heterocycles. The van der Waals surface area contributed by atoms with Crippen LogP contribution >= 0.6 is 48.0 Å². The third-order valence-corrected chi connectivity index (χ3v) is 0.304. The van der Waals surface area contributed by atoms with Gasteiger partial charge in [-0.15, -0.1) is 48.0 Å². The summed E-state index contributed by atoms with van der Waals surface area (Å²) in [5.74, 6) is 0. The Bertz CT molecular complexity index is 52.4. The average molecular weight is 414 g/mol. The van der Waals surface area contributed by atoms with Gasteiger partial charge in [-0.1, -0.05) is 6.92 Å². The minimum atomic E-state index is 0. The molecule has 0 aliphatic carbocycles. The van der Waals surface area contributed by atoms with Gasteiger partial charge in [-0.05, 0) is 0 Å². The van der Waals surface area contributed by atoms with Crippen LogP contribution in [0.3, 0.4) is 0 Å². The molecule has 0 unspecified atom stereocenters. The van der Waals surface area contributed by atoms with Crippen LogP contribution in [0.5, 0.6) is 0 Å². The molecule has 0 saturated carbocycles. The maximum Gasteiger partial charge on any atom is 0 e. The van der Waals surface area contributed by atoms with Crippen molar-refractivity contribution in [2.75, 3.05) is 0 Å². The minimum Gasteiger partial charge on any atom is -0.293 e. The van der Waals surface area contributed by atoms with Gasteiger partial charge in [-0.2, -0.15) is 6.08 Å². The zero-order valence-corrected chi connectivity index (χ0v) is 11.7. The van der Waals surface area contributed by atoms with Crippen LogP contribution in [0.2, 0.25) is 0 Å². The molecule has 48 valence electrons. The fourth-order valence-electron chi connectivity index (χ4n) is 0.111. The van der Waals surface area contributed by atoms with Gasteiger partial charge in [0.15, 0.2) is 0 Å². The predicted molar refractivity (Wildman–Crippen MR) is 54.5 cm³/mol. The molecular weight excluding hydrogens is 405 g/mol. The second kappa shape index (κ2) is 23.2. The molecule has 0 aromatic rings. The van der Waals surface area contributed by atoms with Crippen LogP contribution in [0.1, 0.15) is 6.92 Å². The standard InChI is InChI=1S/C5H7.2HI.Zr/c1-3-5-4-2;;;/h1,3-5H,2H3;2*1H;/q-1;;;. The van der Waals surface area contributed by atoms with E-state index in [1.165, 1.54) is 6.08 Å². The minimum absolute atomic E-state index is 0. The molecule has 0 radical (unpaired) electrons. The van der Waals surface area contributed by atoms with Crippen LogP contribution < -0.4 is 0 Å². The summed E-state index contributed by atoms with van der Waals surface area (Å²) in [5.41, 5.74) is 0. The molecule has 0 N–H and O–H groups in total. The number of allylic oxidation sites excluding steroid dienone is 3. The maximum atomic E-state index is 4.93. The molecular formula is C5H9I2Zr-. The van der Waals surface area contributed by atoms with E-state index in [0.29, 0.717) is 0 Å². The molecule has 0 fully saturated rings. The van der Waals surface area contributed by atoms with E-state index in [1.807, 2.05) is 13.0 Å². The van der Waals surface area contributed by atoms with Crippen molar-refractivity contribution in [1.82, 2.24) is 0 Å². The summed E-state index contributed by atoms with van der Waals surface area (Å²) >= 11 is 0. The fraction of sp³-hybridized carbons (Fsp3) is 0.200. The van der Waals surface area contributed by atoms with Crippen LogP contribution in [0, 0.1) is 6.58 Å². The van der Waals surface area contributed by atoms with Crippen molar-refractivity contribution in [3.63, 3.8) is 0 Å². The summed E-state index contributed by atoms with van der Waals surface area (Å²) in [7, 11) is 0. The Morgan fingerprint density at radius 3 is 1.62 bits per heavy atom.